The molecule has 2 N–H and O–H groups in total. The van der Waals surface area contributed by atoms with E-state index in [4.69, 9.17) is 0 Å². The molecule has 0 aromatic heterocycles. The molecule has 74 valence electrons. The molecule has 1 aliphatic carbocycles. The summed E-state index contributed by atoms with van der Waals surface area (Å²) in [6.07, 6.45) is 5.13. The Hall–Kier alpha value is -0.570. The lowest BCUT2D eigenvalue weighted by Crippen LogP contribution is -2.50. The molecule has 3 heteroatoms. The monoisotopic (exact) mass is 183 g/mol. The van der Waals surface area contributed by atoms with Crippen molar-refractivity contribution in [1.29, 1.82) is 0 Å². The van der Waals surface area contributed by atoms with Gasteiger partial charge in [0.15, 0.2) is 0 Å². The van der Waals surface area contributed by atoms with Gasteiger partial charge in [0.05, 0.1) is 5.41 Å². The van der Waals surface area contributed by atoms with E-state index in [0.29, 0.717) is 5.92 Å². The molecule has 1 atom stereocenters. The minimum absolute atomic E-state index is 0.354. The molecule has 1 heterocycles. The van der Waals surface area contributed by atoms with E-state index in [-0.39, 0.29) is 5.41 Å². The second kappa shape index (κ2) is 3.29. The van der Waals surface area contributed by atoms with Gasteiger partial charge in [-0.25, -0.2) is 0 Å². The highest BCUT2D eigenvalue weighted by atomic mass is 16.4. The molecule has 2 rings (SSSR count). The van der Waals surface area contributed by atoms with Gasteiger partial charge >= 0.3 is 5.97 Å². The van der Waals surface area contributed by atoms with Crippen molar-refractivity contribution in [3.8, 4) is 0 Å². The van der Waals surface area contributed by atoms with Crippen LogP contribution < -0.4 is 5.32 Å². The molecule has 3 nitrogen and oxygen atoms in total. The van der Waals surface area contributed by atoms with E-state index < -0.39 is 5.97 Å². The quantitative estimate of drug-likeness (QED) is 0.677. The van der Waals surface area contributed by atoms with E-state index in [1.165, 1.54) is 0 Å². The van der Waals surface area contributed by atoms with Crippen LogP contribution in [-0.2, 0) is 4.79 Å². The molecule has 13 heavy (non-hydrogen) atoms. The second-order valence-electron chi connectivity index (χ2n) is 4.36. The van der Waals surface area contributed by atoms with Crippen LogP contribution in [0.2, 0.25) is 0 Å². The summed E-state index contributed by atoms with van der Waals surface area (Å²) in [6, 6.07) is 0. The Kier molecular flexibility index (Phi) is 2.28. The summed E-state index contributed by atoms with van der Waals surface area (Å²) in [5, 5.41) is 12.5. The van der Waals surface area contributed by atoms with Crippen LogP contribution in [0.25, 0.3) is 0 Å². The normalized spacial score (nSPS) is 32.2. The maximum atomic E-state index is 11.2. The molecule has 1 saturated heterocycles. The van der Waals surface area contributed by atoms with Crippen LogP contribution in [0.15, 0.2) is 0 Å². The van der Waals surface area contributed by atoms with Crippen molar-refractivity contribution in [2.45, 2.75) is 32.1 Å². The van der Waals surface area contributed by atoms with Gasteiger partial charge < -0.3 is 10.4 Å². The van der Waals surface area contributed by atoms with Crippen LogP contribution in [0.4, 0.5) is 0 Å². The second-order valence-corrected chi connectivity index (χ2v) is 4.36. The summed E-state index contributed by atoms with van der Waals surface area (Å²) in [5.74, 6) is -0.181. The van der Waals surface area contributed by atoms with Gasteiger partial charge in [-0.1, -0.05) is 6.42 Å². The number of hydrogen-bond donors (Lipinski definition) is 2. The number of carboxylic acid groups (broad SMARTS) is 1. The van der Waals surface area contributed by atoms with Crippen molar-refractivity contribution < 1.29 is 9.90 Å². The average Bonchev–Trinajstić information content (AvgIpc) is 2.03. The summed E-state index contributed by atoms with van der Waals surface area (Å²) in [7, 11) is 0. The Morgan fingerprint density at radius 2 is 2.15 bits per heavy atom. The SMILES string of the molecule is O=C(O)C1(C2CCCNC2)CCC1. The molecule has 1 unspecified atom stereocenters. The number of nitrogens with one attached hydrogen (secondary N) is 1. The third-order valence-corrected chi connectivity index (χ3v) is 3.75. The van der Waals surface area contributed by atoms with Gasteiger partial charge in [-0.15, -0.1) is 0 Å². The molecule has 1 saturated carbocycles. The van der Waals surface area contributed by atoms with Gasteiger partial charge in [0, 0.05) is 0 Å². The molecule has 0 aromatic carbocycles. The number of aliphatic carboxylic acids is 1. The first-order chi connectivity index (χ1) is 6.26. The van der Waals surface area contributed by atoms with Crippen molar-refractivity contribution in [1.82, 2.24) is 5.32 Å². The molecular weight excluding hydrogens is 166 g/mol. The summed E-state index contributed by atoms with van der Waals surface area (Å²) < 4.78 is 0. The van der Waals surface area contributed by atoms with Gasteiger partial charge in [0.25, 0.3) is 0 Å². The van der Waals surface area contributed by atoms with Crippen molar-refractivity contribution in [3.63, 3.8) is 0 Å². The van der Waals surface area contributed by atoms with Gasteiger partial charge in [0.1, 0.15) is 0 Å². The van der Waals surface area contributed by atoms with E-state index in [1.54, 1.807) is 0 Å². The zero-order chi connectivity index (χ0) is 9.31. The fourth-order valence-corrected chi connectivity index (χ4v) is 2.68. The summed E-state index contributed by atoms with van der Waals surface area (Å²) in [5.41, 5.74) is -0.354. The minimum atomic E-state index is -0.563. The number of carboxylic acids is 1. The van der Waals surface area contributed by atoms with Crippen LogP contribution in [0.1, 0.15) is 32.1 Å². The predicted octanol–water partition coefficient (Wildman–Crippen LogP) is 1.24. The summed E-state index contributed by atoms with van der Waals surface area (Å²) in [4.78, 5) is 11.2. The first-order valence-corrected chi connectivity index (χ1v) is 5.20. The highest BCUT2D eigenvalue weighted by Crippen LogP contribution is 2.49. The van der Waals surface area contributed by atoms with Crippen molar-refractivity contribution >= 4 is 5.97 Å². The van der Waals surface area contributed by atoms with Crippen molar-refractivity contribution in [2.75, 3.05) is 13.1 Å². The predicted molar refractivity (Wildman–Crippen MR) is 49.5 cm³/mol. The smallest absolute Gasteiger partial charge is 0.309 e. The molecule has 0 aromatic rings. The maximum Gasteiger partial charge on any atom is 0.309 e. The molecule has 0 bridgehead atoms. The zero-order valence-corrected chi connectivity index (χ0v) is 7.88. The Morgan fingerprint density at radius 3 is 2.54 bits per heavy atom. The van der Waals surface area contributed by atoms with Crippen molar-refractivity contribution in [3.05, 3.63) is 0 Å². The van der Waals surface area contributed by atoms with Crippen LogP contribution in [0.3, 0.4) is 0 Å². The Morgan fingerprint density at radius 1 is 1.38 bits per heavy atom. The van der Waals surface area contributed by atoms with Gasteiger partial charge in [-0.3, -0.25) is 4.79 Å². The molecule has 0 radical (unpaired) electrons. The largest absolute Gasteiger partial charge is 0.481 e. The Labute approximate surface area is 78.5 Å². The van der Waals surface area contributed by atoms with Crippen LogP contribution in [-0.4, -0.2) is 24.2 Å². The highest BCUT2D eigenvalue weighted by Gasteiger charge is 2.50. The Bertz CT molecular complexity index is 205. The highest BCUT2D eigenvalue weighted by molar-refractivity contribution is 5.76. The lowest BCUT2D eigenvalue weighted by Gasteiger charge is -2.45. The first-order valence-electron chi connectivity index (χ1n) is 5.20. The minimum Gasteiger partial charge on any atom is -0.481 e. The molecular formula is C10H17NO2. The van der Waals surface area contributed by atoms with Crippen LogP contribution in [0.5, 0.6) is 0 Å². The first kappa shape index (κ1) is 9.00. The summed E-state index contributed by atoms with van der Waals surface area (Å²) in [6.45, 7) is 1.97. The van der Waals surface area contributed by atoms with E-state index in [1.807, 2.05) is 0 Å². The molecule has 2 fully saturated rings. The molecule has 0 amide bonds. The number of hydrogen-bond acceptors (Lipinski definition) is 2. The lowest BCUT2D eigenvalue weighted by atomic mass is 9.59. The average molecular weight is 183 g/mol. The van der Waals surface area contributed by atoms with E-state index in [2.05, 4.69) is 5.32 Å². The van der Waals surface area contributed by atoms with E-state index >= 15 is 0 Å². The van der Waals surface area contributed by atoms with Gasteiger partial charge in [0.2, 0.25) is 0 Å². The molecule has 0 spiro atoms. The topological polar surface area (TPSA) is 49.3 Å². The van der Waals surface area contributed by atoms with Gasteiger partial charge in [-0.2, -0.15) is 0 Å². The maximum absolute atomic E-state index is 11.2. The molecule has 1 aliphatic heterocycles. The van der Waals surface area contributed by atoms with Crippen LogP contribution >= 0.6 is 0 Å². The van der Waals surface area contributed by atoms with Gasteiger partial charge in [-0.05, 0) is 44.7 Å². The standard InChI is InChI=1S/C10H17NO2/c12-9(13)10(4-2-5-10)8-3-1-6-11-7-8/h8,11H,1-7H2,(H,12,13). The summed E-state index contributed by atoms with van der Waals surface area (Å²) >= 11 is 0. The molecule has 2 aliphatic rings. The number of carbonyl (C=O) groups is 1. The fraction of sp³-hybridized carbons (Fsp3) is 0.900. The van der Waals surface area contributed by atoms with E-state index in [0.717, 1.165) is 45.2 Å². The zero-order valence-electron chi connectivity index (χ0n) is 7.88. The number of piperidine rings is 1. The van der Waals surface area contributed by atoms with Crippen LogP contribution in [0, 0.1) is 11.3 Å². The van der Waals surface area contributed by atoms with Crippen molar-refractivity contribution in [2.24, 2.45) is 11.3 Å². The third kappa shape index (κ3) is 1.35. The fourth-order valence-electron chi connectivity index (χ4n) is 2.68. The van der Waals surface area contributed by atoms with E-state index in [9.17, 15) is 9.90 Å². The lowest BCUT2D eigenvalue weighted by molar-refractivity contribution is -0.160. The third-order valence-electron chi connectivity index (χ3n) is 3.75. The number of rotatable bonds is 2. The Balaban J connectivity index is 2.06.